The molecule has 25 heavy (non-hydrogen) atoms. The Morgan fingerprint density at radius 1 is 1.00 bits per heavy atom. The van der Waals surface area contributed by atoms with E-state index < -0.39 is 5.97 Å². The molecule has 1 aromatic heterocycles. The monoisotopic (exact) mass is 355 g/mol. The van der Waals surface area contributed by atoms with Crippen LogP contribution in [0.2, 0.25) is 0 Å². The smallest absolute Gasteiger partial charge is 0.355 e. The summed E-state index contributed by atoms with van der Waals surface area (Å²) in [5.41, 5.74) is 2.12. The number of nitrogens with zero attached hydrogens (tertiary/aromatic N) is 1. The minimum absolute atomic E-state index is 0.0635. The van der Waals surface area contributed by atoms with E-state index in [1.165, 1.54) is 22.3 Å². The minimum Gasteiger partial charge on any atom is -0.490 e. The van der Waals surface area contributed by atoms with Crippen molar-refractivity contribution < 1.29 is 19.4 Å². The number of ether oxygens (including phenoxy) is 2. The molecule has 0 radical (unpaired) electrons. The van der Waals surface area contributed by atoms with Crippen LogP contribution in [0, 0.1) is 6.92 Å². The van der Waals surface area contributed by atoms with Gasteiger partial charge in [0.15, 0.2) is 5.69 Å². The van der Waals surface area contributed by atoms with Gasteiger partial charge in [-0.25, -0.2) is 9.78 Å². The van der Waals surface area contributed by atoms with Gasteiger partial charge in [0, 0.05) is 10.9 Å². The van der Waals surface area contributed by atoms with Crippen LogP contribution >= 0.6 is 11.3 Å². The Hall–Kier alpha value is -2.86. The highest BCUT2D eigenvalue weighted by atomic mass is 32.1. The molecule has 5 nitrogen and oxygen atoms in total. The van der Waals surface area contributed by atoms with Gasteiger partial charge in [0.1, 0.15) is 29.7 Å². The van der Waals surface area contributed by atoms with Crippen LogP contribution in [0.25, 0.3) is 10.6 Å². The van der Waals surface area contributed by atoms with E-state index in [2.05, 4.69) is 4.98 Å². The molecule has 6 heteroatoms. The molecule has 0 aliphatic rings. The number of hydrogen-bond acceptors (Lipinski definition) is 5. The van der Waals surface area contributed by atoms with Gasteiger partial charge in [0.05, 0.1) is 0 Å². The van der Waals surface area contributed by atoms with Crippen LogP contribution in [0.5, 0.6) is 11.5 Å². The molecule has 0 saturated carbocycles. The van der Waals surface area contributed by atoms with E-state index in [9.17, 15) is 4.79 Å². The summed E-state index contributed by atoms with van der Waals surface area (Å²) in [6.45, 7) is 2.93. The van der Waals surface area contributed by atoms with Crippen LogP contribution < -0.4 is 9.47 Å². The first-order valence-electron chi connectivity index (χ1n) is 7.73. The Bertz CT molecular complexity index is 841. The van der Waals surface area contributed by atoms with E-state index in [0.717, 1.165) is 17.1 Å². The number of aryl methyl sites for hydroxylation is 1. The van der Waals surface area contributed by atoms with Crippen molar-refractivity contribution in [2.45, 2.75) is 6.92 Å². The van der Waals surface area contributed by atoms with Crippen molar-refractivity contribution in [3.05, 3.63) is 65.2 Å². The second-order valence-corrected chi connectivity index (χ2v) is 6.24. The van der Waals surface area contributed by atoms with Crippen molar-refractivity contribution >= 4 is 17.3 Å². The summed E-state index contributed by atoms with van der Waals surface area (Å²) in [6.07, 6.45) is 0. The number of aromatic carboxylic acids is 1. The highest BCUT2D eigenvalue weighted by Gasteiger charge is 2.10. The molecule has 2 aromatic carbocycles. The van der Waals surface area contributed by atoms with Crippen molar-refractivity contribution in [2.75, 3.05) is 13.2 Å². The Labute approximate surface area is 149 Å². The average molecular weight is 355 g/mol. The number of carboxylic acid groups (broad SMARTS) is 1. The van der Waals surface area contributed by atoms with Crippen molar-refractivity contribution in [1.29, 1.82) is 0 Å². The third-order valence-electron chi connectivity index (χ3n) is 3.47. The maximum absolute atomic E-state index is 10.9. The SMILES string of the molecule is Cc1ccc(OCCOc2ccc(-c3nc(C(=O)O)cs3)cc2)cc1. The molecule has 3 aromatic rings. The van der Waals surface area contributed by atoms with Crippen LogP contribution in [-0.4, -0.2) is 29.3 Å². The first-order valence-corrected chi connectivity index (χ1v) is 8.61. The third kappa shape index (κ3) is 4.58. The maximum atomic E-state index is 10.9. The number of rotatable bonds is 7. The summed E-state index contributed by atoms with van der Waals surface area (Å²) in [4.78, 5) is 15.0. The number of benzene rings is 2. The molecule has 0 fully saturated rings. The summed E-state index contributed by atoms with van der Waals surface area (Å²) >= 11 is 1.30. The fraction of sp³-hybridized carbons (Fsp3) is 0.158. The lowest BCUT2D eigenvalue weighted by atomic mass is 10.2. The zero-order valence-corrected chi connectivity index (χ0v) is 14.5. The van der Waals surface area contributed by atoms with Gasteiger partial charge < -0.3 is 14.6 Å². The van der Waals surface area contributed by atoms with Crippen LogP contribution in [0.4, 0.5) is 0 Å². The van der Waals surface area contributed by atoms with Crippen molar-refractivity contribution in [3.63, 3.8) is 0 Å². The number of carboxylic acids is 1. The molecule has 0 saturated heterocycles. The van der Waals surface area contributed by atoms with E-state index in [-0.39, 0.29) is 5.69 Å². The normalized spacial score (nSPS) is 10.4. The molecule has 0 aliphatic carbocycles. The second kappa shape index (κ2) is 7.81. The Kier molecular flexibility index (Phi) is 5.30. The largest absolute Gasteiger partial charge is 0.490 e. The molecular formula is C19H17NO4S. The Morgan fingerprint density at radius 3 is 2.08 bits per heavy atom. The van der Waals surface area contributed by atoms with Gasteiger partial charge in [-0.15, -0.1) is 11.3 Å². The molecule has 3 rings (SSSR count). The van der Waals surface area contributed by atoms with E-state index in [0.29, 0.717) is 18.2 Å². The van der Waals surface area contributed by atoms with Gasteiger partial charge in [-0.2, -0.15) is 0 Å². The molecule has 0 bridgehead atoms. The van der Waals surface area contributed by atoms with Crippen molar-refractivity contribution in [2.24, 2.45) is 0 Å². The lowest BCUT2D eigenvalue weighted by molar-refractivity contribution is 0.0691. The zero-order chi connectivity index (χ0) is 17.6. The first-order chi connectivity index (χ1) is 12.1. The predicted octanol–water partition coefficient (Wildman–Crippen LogP) is 4.27. The summed E-state index contributed by atoms with van der Waals surface area (Å²) < 4.78 is 11.3. The predicted molar refractivity (Wildman–Crippen MR) is 96.7 cm³/mol. The lowest BCUT2D eigenvalue weighted by Gasteiger charge is -2.09. The van der Waals surface area contributed by atoms with Gasteiger partial charge in [0.25, 0.3) is 0 Å². The zero-order valence-electron chi connectivity index (χ0n) is 13.6. The average Bonchev–Trinajstić information content (AvgIpc) is 3.11. The molecular weight excluding hydrogens is 338 g/mol. The number of carbonyl (C=O) groups is 1. The standard InChI is InChI=1S/C19H17NO4S/c1-13-2-6-15(7-3-13)23-10-11-24-16-8-4-14(5-9-16)18-20-17(12-25-18)19(21)22/h2-9,12H,10-11H2,1H3,(H,21,22). The fourth-order valence-corrected chi connectivity index (χ4v) is 2.95. The number of thiazole rings is 1. The van der Waals surface area contributed by atoms with Gasteiger partial charge in [0.2, 0.25) is 0 Å². The van der Waals surface area contributed by atoms with Crippen LogP contribution in [-0.2, 0) is 0 Å². The molecule has 128 valence electrons. The quantitative estimate of drug-likeness (QED) is 0.641. The molecule has 0 atom stereocenters. The molecule has 1 N–H and O–H groups in total. The van der Waals surface area contributed by atoms with Gasteiger partial charge in [-0.3, -0.25) is 0 Å². The van der Waals surface area contributed by atoms with E-state index in [1.807, 2.05) is 55.5 Å². The second-order valence-electron chi connectivity index (χ2n) is 5.38. The van der Waals surface area contributed by atoms with Crippen molar-refractivity contribution in [3.8, 4) is 22.1 Å². The van der Waals surface area contributed by atoms with Crippen LogP contribution in [0.15, 0.2) is 53.9 Å². The minimum atomic E-state index is -1.02. The third-order valence-corrected chi connectivity index (χ3v) is 4.36. The van der Waals surface area contributed by atoms with Gasteiger partial charge in [-0.1, -0.05) is 17.7 Å². The van der Waals surface area contributed by atoms with Gasteiger partial charge in [-0.05, 0) is 43.3 Å². The maximum Gasteiger partial charge on any atom is 0.355 e. The van der Waals surface area contributed by atoms with E-state index >= 15 is 0 Å². The molecule has 1 heterocycles. The number of hydrogen-bond donors (Lipinski definition) is 1. The summed E-state index contributed by atoms with van der Waals surface area (Å²) in [5, 5.41) is 11.1. The van der Waals surface area contributed by atoms with Crippen LogP contribution in [0.1, 0.15) is 16.1 Å². The Morgan fingerprint density at radius 2 is 1.56 bits per heavy atom. The highest BCUT2D eigenvalue weighted by molar-refractivity contribution is 7.13. The summed E-state index contributed by atoms with van der Waals surface area (Å²) in [7, 11) is 0. The summed E-state index contributed by atoms with van der Waals surface area (Å²) in [5.74, 6) is 0.532. The van der Waals surface area contributed by atoms with Gasteiger partial charge >= 0.3 is 5.97 Å². The van der Waals surface area contributed by atoms with E-state index in [4.69, 9.17) is 14.6 Å². The van der Waals surface area contributed by atoms with E-state index in [1.54, 1.807) is 0 Å². The fourth-order valence-electron chi connectivity index (χ4n) is 2.15. The molecule has 0 aliphatic heterocycles. The summed E-state index contributed by atoms with van der Waals surface area (Å²) in [6, 6.07) is 15.3. The Balaban J connectivity index is 1.50. The highest BCUT2D eigenvalue weighted by Crippen LogP contribution is 2.25. The van der Waals surface area contributed by atoms with Crippen molar-refractivity contribution in [1.82, 2.24) is 4.98 Å². The van der Waals surface area contributed by atoms with Crippen LogP contribution in [0.3, 0.4) is 0 Å². The topological polar surface area (TPSA) is 68.7 Å². The molecule has 0 unspecified atom stereocenters. The number of aromatic nitrogens is 1. The molecule has 0 amide bonds. The lowest BCUT2D eigenvalue weighted by Crippen LogP contribution is -2.08. The first kappa shape index (κ1) is 17.0. The molecule has 0 spiro atoms.